The maximum Gasteiger partial charge on any atom is 0.334 e. The minimum absolute atomic E-state index is 0.0663. The van der Waals surface area contributed by atoms with Crippen LogP contribution in [0.3, 0.4) is 0 Å². The van der Waals surface area contributed by atoms with E-state index in [2.05, 4.69) is 5.32 Å². The first-order chi connectivity index (χ1) is 9.27. The van der Waals surface area contributed by atoms with Crippen LogP contribution in [0.15, 0.2) is 24.3 Å². The lowest BCUT2D eigenvalue weighted by Gasteiger charge is -2.22. The molecule has 0 spiro atoms. The van der Waals surface area contributed by atoms with Crippen LogP contribution in [0.2, 0.25) is 0 Å². The molecule has 1 aromatic rings. The molecule has 1 unspecified atom stereocenters. The van der Waals surface area contributed by atoms with Crippen LogP contribution in [-0.4, -0.2) is 36.7 Å². The van der Waals surface area contributed by atoms with Crippen molar-refractivity contribution in [2.75, 3.05) is 13.7 Å². The number of hydrogen-bond donors (Lipinski definition) is 2. The van der Waals surface area contributed by atoms with Crippen molar-refractivity contribution in [1.29, 1.82) is 0 Å². The number of benzene rings is 1. The summed E-state index contributed by atoms with van der Waals surface area (Å²) in [5.74, 6) is -1.39. The Morgan fingerprint density at radius 3 is 2.40 bits per heavy atom. The smallest absolute Gasteiger partial charge is 0.334 e. The number of rotatable bonds is 5. The molecule has 0 aromatic heterocycles. The van der Waals surface area contributed by atoms with Gasteiger partial charge in [-0.3, -0.25) is 4.79 Å². The van der Waals surface area contributed by atoms with Crippen LogP contribution in [-0.2, 0) is 14.9 Å². The van der Waals surface area contributed by atoms with Gasteiger partial charge in [0.05, 0.1) is 6.54 Å². The van der Waals surface area contributed by atoms with Crippen molar-refractivity contribution in [3.8, 4) is 0 Å². The van der Waals surface area contributed by atoms with Gasteiger partial charge in [0.25, 0.3) is 5.91 Å². The zero-order chi connectivity index (χ0) is 15.3. The number of methoxy groups -OCH3 is 1. The molecule has 0 fully saturated rings. The number of amides is 1. The number of hydrogen-bond acceptors (Lipinski definition) is 3. The second-order valence-electron chi connectivity index (χ2n) is 5.57. The number of carbonyl (C=O) groups is 2. The number of carboxylic acids is 1. The molecule has 20 heavy (non-hydrogen) atoms. The molecule has 0 bridgehead atoms. The molecule has 0 aliphatic rings. The molecule has 0 aliphatic carbocycles. The molecule has 0 saturated carbocycles. The Labute approximate surface area is 118 Å². The number of carbonyl (C=O) groups excluding carboxylic acids is 1. The van der Waals surface area contributed by atoms with Crippen molar-refractivity contribution in [3.05, 3.63) is 35.4 Å². The van der Waals surface area contributed by atoms with E-state index in [4.69, 9.17) is 9.84 Å². The Morgan fingerprint density at radius 1 is 1.30 bits per heavy atom. The maximum atomic E-state index is 12.2. The summed E-state index contributed by atoms with van der Waals surface area (Å²) in [7, 11) is 1.30. The van der Waals surface area contributed by atoms with Crippen LogP contribution < -0.4 is 5.32 Å². The zero-order valence-electron chi connectivity index (χ0n) is 12.3. The first-order valence-corrected chi connectivity index (χ1v) is 6.40. The Morgan fingerprint density at radius 2 is 1.90 bits per heavy atom. The van der Waals surface area contributed by atoms with Crippen molar-refractivity contribution >= 4 is 11.9 Å². The largest absolute Gasteiger partial charge is 0.479 e. The third-order valence-corrected chi connectivity index (χ3v) is 2.99. The first kappa shape index (κ1) is 16.2. The Bertz CT molecular complexity index is 491. The van der Waals surface area contributed by atoms with Crippen LogP contribution in [0.25, 0.3) is 0 Å². The van der Waals surface area contributed by atoms with Gasteiger partial charge in [-0.1, -0.05) is 39.0 Å². The van der Waals surface area contributed by atoms with Gasteiger partial charge >= 0.3 is 5.97 Å². The van der Waals surface area contributed by atoms with Gasteiger partial charge < -0.3 is 15.2 Å². The lowest BCUT2D eigenvalue weighted by molar-refractivity contribution is -0.148. The average Bonchev–Trinajstić information content (AvgIpc) is 2.37. The van der Waals surface area contributed by atoms with E-state index in [-0.39, 0.29) is 17.9 Å². The number of carboxylic acid groups (broad SMARTS) is 1. The third-order valence-electron chi connectivity index (χ3n) is 2.99. The second kappa shape index (κ2) is 6.52. The summed E-state index contributed by atoms with van der Waals surface area (Å²) in [4.78, 5) is 23.0. The van der Waals surface area contributed by atoms with E-state index in [1.54, 1.807) is 12.1 Å². The summed E-state index contributed by atoms with van der Waals surface area (Å²) in [6, 6.07) is 7.31. The molecule has 2 N–H and O–H groups in total. The standard InChI is InChI=1S/C15H21NO4/c1-15(2,3)11-8-6-5-7-10(11)13(17)16-9-12(20-4)14(18)19/h5-8,12H,9H2,1-4H3,(H,16,17)(H,18,19). The van der Waals surface area contributed by atoms with Gasteiger partial charge in [0.15, 0.2) is 6.10 Å². The monoisotopic (exact) mass is 279 g/mol. The van der Waals surface area contributed by atoms with Crippen LogP contribution in [0.5, 0.6) is 0 Å². The van der Waals surface area contributed by atoms with Gasteiger partial charge in [0, 0.05) is 12.7 Å². The summed E-state index contributed by atoms with van der Waals surface area (Å²) in [5.41, 5.74) is 1.31. The van der Waals surface area contributed by atoms with Crippen molar-refractivity contribution in [2.45, 2.75) is 32.3 Å². The van der Waals surface area contributed by atoms with E-state index >= 15 is 0 Å². The second-order valence-corrected chi connectivity index (χ2v) is 5.57. The summed E-state index contributed by atoms with van der Waals surface area (Å²) < 4.78 is 4.78. The van der Waals surface area contributed by atoms with Gasteiger partial charge in [0.1, 0.15) is 0 Å². The molecule has 1 amide bonds. The van der Waals surface area contributed by atoms with E-state index in [0.717, 1.165) is 5.56 Å². The lowest BCUT2D eigenvalue weighted by Crippen LogP contribution is -2.38. The highest BCUT2D eigenvalue weighted by atomic mass is 16.5. The first-order valence-electron chi connectivity index (χ1n) is 6.40. The summed E-state index contributed by atoms with van der Waals surface area (Å²) in [5, 5.41) is 11.5. The average molecular weight is 279 g/mol. The molecule has 1 aromatic carbocycles. The number of nitrogens with one attached hydrogen (secondary N) is 1. The van der Waals surface area contributed by atoms with Crippen LogP contribution in [0.1, 0.15) is 36.7 Å². The lowest BCUT2D eigenvalue weighted by atomic mass is 9.83. The van der Waals surface area contributed by atoms with E-state index in [1.165, 1.54) is 7.11 Å². The highest BCUT2D eigenvalue weighted by Gasteiger charge is 2.22. The Hall–Kier alpha value is -1.88. The van der Waals surface area contributed by atoms with Crippen LogP contribution in [0, 0.1) is 0 Å². The molecule has 1 rings (SSSR count). The maximum absolute atomic E-state index is 12.2. The molecular formula is C15H21NO4. The highest BCUT2D eigenvalue weighted by molar-refractivity contribution is 5.96. The van der Waals surface area contributed by atoms with E-state index in [9.17, 15) is 9.59 Å². The van der Waals surface area contributed by atoms with E-state index in [1.807, 2.05) is 32.9 Å². The normalized spacial score (nSPS) is 12.8. The fourth-order valence-corrected chi connectivity index (χ4v) is 1.89. The third kappa shape index (κ3) is 4.06. The van der Waals surface area contributed by atoms with Crippen molar-refractivity contribution in [2.24, 2.45) is 0 Å². The predicted molar refractivity (Wildman–Crippen MR) is 75.9 cm³/mol. The van der Waals surface area contributed by atoms with E-state index < -0.39 is 12.1 Å². The topological polar surface area (TPSA) is 75.6 Å². The quantitative estimate of drug-likeness (QED) is 0.862. The van der Waals surface area contributed by atoms with Crippen molar-refractivity contribution in [1.82, 2.24) is 5.32 Å². The predicted octanol–water partition coefficient (Wildman–Crippen LogP) is 1.81. The fraction of sp³-hybridized carbons (Fsp3) is 0.467. The minimum Gasteiger partial charge on any atom is -0.479 e. The number of aliphatic carboxylic acids is 1. The zero-order valence-corrected chi connectivity index (χ0v) is 12.3. The summed E-state index contributed by atoms with van der Waals surface area (Å²) >= 11 is 0. The molecule has 110 valence electrons. The van der Waals surface area contributed by atoms with Gasteiger partial charge in [-0.2, -0.15) is 0 Å². The summed E-state index contributed by atoms with van der Waals surface area (Å²) in [6.07, 6.45) is -1.04. The molecular weight excluding hydrogens is 258 g/mol. The SMILES string of the molecule is COC(CNC(=O)c1ccccc1C(C)(C)C)C(=O)O. The molecule has 0 radical (unpaired) electrons. The van der Waals surface area contributed by atoms with Gasteiger partial charge in [-0.05, 0) is 17.0 Å². The van der Waals surface area contributed by atoms with Crippen molar-refractivity contribution in [3.63, 3.8) is 0 Å². The molecule has 5 heteroatoms. The summed E-state index contributed by atoms with van der Waals surface area (Å²) in [6.45, 7) is 6.00. The van der Waals surface area contributed by atoms with E-state index in [0.29, 0.717) is 5.56 Å². The van der Waals surface area contributed by atoms with Crippen molar-refractivity contribution < 1.29 is 19.4 Å². The van der Waals surface area contributed by atoms with Crippen LogP contribution in [0.4, 0.5) is 0 Å². The van der Waals surface area contributed by atoms with Crippen LogP contribution >= 0.6 is 0 Å². The molecule has 5 nitrogen and oxygen atoms in total. The fourth-order valence-electron chi connectivity index (χ4n) is 1.89. The molecule has 0 heterocycles. The van der Waals surface area contributed by atoms with Gasteiger partial charge in [-0.25, -0.2) is 4.79 Å². The Kier molecular flexibility index (Phi) is 5.27. The molecule has 1 atom stereocenters. The Balaban J connectivity index is 2.86. The van der Waals surface area contributed by atoms with Gasteiger partial charge in [0.2, 0.25) is 0 Å². The highest BCUT2D eigenvalue weighted by Crippen LogP contribution is 2.25. The molecule has 0 saturated heterocycles. The van der Waals surface area contributed by atoms with Gasteiger partial charge in [-0.15, -0.1) is 0 Å². The molecule has 0 aliphatic heterocycles. The minimum atomic E-state index is -1.10. The number of ether oxygens (including phenoxy) is 1.